The molecule has 0 aliphatic rings. The lowest BCUT2D eigenvalue weighted by Crippen LogP contribution is -2.09. The second-order valence-electron chi connectivity index (χ2n) is 9.55. The second-order valence-corrected chi connectivity index (χ2v) is 9.99. The summed E-state index contributed by atoms with van der Waals surface area (Å²) < 4.78 is 6.29. The molecule has 7 rings (SSSR count). The quantitative estimate of drug-likeness (QED) is 0.224. The van der Waals surface area contributed by atoms with Gasteiger partial charge < -0.3 is 9.32 Å². The van der Waals surface area contributed by atoms with Crippen LogP contribution in [-0.4, -0.2) is 0 Å². The minimum absolute atomic E-state index is 0.715. The third-order valence-corrected chi connectivity index (χ3v) is 7.41. The Bertz CT molecular complexity index is 1890. The average Bonchev–Trinajstić information content (AvgIpc) is 3.39. The molecule has 0 N–H and O–H groups in total. The Balaban J connectivity index is 1.29. The van der Waals surface area contributed by atoms with Gasteiger partial charge in [0, 0.05) is 38.4 Å². The molecule has 1 aromatic heterocycles. The molecular weight excluding hydrogens is 498 g/mol. The van der Waals surface area contributed by atoms with Crippen molar-refractivity contribution in [2.24, 2.45) is 0 Å². The van der Waals surface area contributed by atoms with Gasteiger partial charge in [0.2, 0.25) is 0 Å². The van der Waals surface area contributed by atoms with Crippen LogP contribution in [0.1, 0.15) is 0 Å². The molecule has 3 heteroatoms. The summed E-state index contributed by atoms with van der Waals surface area (Å²) in [4.78, 5) is 2.25. The summed E-state index contributed by atoms with van der Waals surface area (Å²) in [6.07, 6.45) is 0. The molecule has 0 aliphatic carbocycles. The maximum absolute atomic E-state index is 6.29. The highest BCUT2D eigenvalue weighted by Gasteiger charge is 2.15. The molecule has 0 atom stereocenters. The molecule has 7 aromatic rings. The Hall–Kier alpha value is -4.79. The van der Waals surface area contributed by atoms with Crippen molar-refractivity contribution in [2.75, 3.05) is 4.90 Å². The molecule has 0 fully saturated rings. The van der Waals surface area contributed by atoms with Crippen LogP contribution < -0.4 is 4.90 Å². The summed E-state index contributed by atoms with van der Waals surface area (Å²) >= 11 is 6.24. The molecule has 39 heavy (non-hydrogen) atoms. The highest BCUT2D eigenvalue weighted by atomic mass is 35.5. The van der Waals surface area contributed by atoms with Gasteiger partial charge in [0.1, 0.15) is 11.2 Å². The zero-order valence-electron chi connectivity index (χ0n) is 21.1. The molecule has 0 saturated carbocycles. The van der Waals surface area contributed by atoms with E-state index >= 15 is 0 Å². The predicted octanol–water partition coefficient (Wildman–Crippen LogP) is 11.0. The maximum atomic E-state index is 6.29. The van der Waals surface area contributed by atoms with Crippen LogP contribution in [0.2, 0.25) is 5.02 Å². The fourth-order valence-electron chi connectivity index (χ4n) is 5.24. The van der Waals surface area contributed by atoms with E-state index in [0.717, 1.165) is 50.1 Å². The molecule has 2 nitrogen and oxygen atoms in total. The Morgan fingerprint density at radius 1 is 0.436 bits per heavy atom. The van der Waals surface area contributed by atoms with Gasteiger partial charge in [-0.05, 0) is 71.3 Å². The van der Waals surface area contributed by atoms with E-state index in [-0.39, 0.29) is 0 Å². The normalized spacial score (nSPS) is 11.2. The first-order chi connectivity index (χ1) is 19.2. The highest BCUT2D eigenvalue weighted by molar-refractivity contribution is 6.30. The molecule has 0 bridgehead atoms. The van der Waals surface area contributed by atoms with Crippen LogP contribution in [0.15, 0.2) is 150 Å². The van der Waals surface area contributed by atoms with Crippen molar-refractivity contribution in [3.05, 3.63) is 151 Å². The van der Waals surface area contributed by atoms with Gasteiger partial charge in [0.25, 0.3) is 0 Å². The van der Waals surface area contributed by atoms with Gasteiger partial charge >= 0.3 is 0 Å². The fraction of sp³-hybridized carbons (Fsp3) is 0. The van der Waals surface area contributed by atoms with Gasteiger partial charge in [-0.25, -0.2) is 0 Å². The summed E-state index contributed by atoms with van der Waals surface area (Å²) in [6, 6.07) is 50.3. The van der Waals surface area contributed by atoms with Crippen molar-refractivity contribution < 1.29 is 4.42 Å². The standard InChI is InChI=1S/C36H24ClNO/c37-28-17-23-31(24-18-28)38(29-19-13-26(14-20-29)25-7-2-1-3-8-25)30-21-15-27(16-22-30)32-10-6-11-34-33-9-4-5-12-35(33)39-36(32)34/h1-24H. The first kappa shape index (κ1) is 23.3. The number of benzene rings is 6. The molecule has 0 saturated heterocycles. The van der Waals surface area contributed by atoms with Crippen LogP contribution in [0.4, 0.5) is 17.1 Å². The SMILES string of the molecule is Clc1ccc(N(c2ccc(-c3ccccc3)cc2)c2ccc(-c3cccc4c3oc3ccccc34)cc2)cc1. The van der Waals surface area contributed by atoms with E-state index in [0.29, 0.717) is 5.02 Å². The number of para-hydroxylation sites is 2. The highest BCUT2D eigenvalue weighted by Crippen LogP contribution is 2.39. The van der Waals surface area contributed by atoms with Gasteiger partial charge in [-0.1, -0.05) is 103 Å². The Morgan fingerprint density at radius 3 is 1.67 bits per heavy atom. The van der Waals surface area contributed by atoms with E-state index in [1.54, 1.807) is 0 Å². The van der Waals surface area contributed by atoms with Crippen LogP contribution in [-0.2, 0) is 0 Å². The number of fused-ring (bicyclic) bond motifs is 3. The molecule has 0 aliphatic heterocycles. The van der Waals surface area contributed by atoms with Crippen molar-refractivity contribution in [1.82, 2.24) is 0 Å². The van der Waals surface area contributed by atoms with Crippen LogP contribution in [0.25, 0.3) is 44.2 Å². The lowest BCUT2D eigenvalue weighted by molar-refractivity contribution is 0.670. The third kappa shape index (κ3) is 4.35. The molecule has 0 unspecified atom stereocenters. The van der Waals surface area contributed by atoms with E-state index < -0.39 is 0 Å². The zero-order valence-corrected chi connectivity index (χ0v) is 21.8. The molecular formula is C36H24ClNO. The van der Waals surface area contributed by atoms with Crippen LogP contribution >= 0.6 is 11.6 Å². The van der Waals surface area contributed by atoms with E-state index in [2.05, 4.69) is 120 Å². The topological polar surface area (TPSA) is 16.4 Å². The minimum Gasteiger partial charge on any atom is -0.455 e. The average molecular weight is 522 g/mol. The summed E-state index contributed by atoms with van der Waals surface area (Å²) in [5, 5.41) is 2.99. The maximum Gasteiger partial charge on any atom is 0.143 e. The number of hydrogen-bond acceptors (Lipinski definition) is 2. The Kier molecular flexibility index (Phi) is 5.88. The number of nitrogens with zero attached hydrogens (tertiary/aromatic N) is 1. The van der Waals surface area contributed by atoms with Crippen molar-refractivity contribution >= 4 is 50.6 Å². The van der Waals surface area contributed by atoms with Gasteiger partial charge in [-0.3, -0.25) is 0 Å². The number of anilines is 3. The van der Waals surface area contributed by atoms with Crippen molar-refractivity contribution in [1.29, 1.82) is 0 Å². The molecule has 6 aromatic carbocycles. The predicted molar refractivity (Wildman–Crippen MR) is 164 cm³/mol. The van der Waals surface area contributed by atoms with Crippen molar-refractivity contribution in [3.63, 3.8) is 0 Å². The van der Waals surface area contributed by atoms with E-state index in [1.165, 1.54) is 11.1 Å². The Morgan fingerprint density at radius 2 is 0.974 bits per heavy atom. The molecule has 186 valence electrons. The monoisotopic (exact) mass is 521 g/mol. The summed E-state index contributed by atoms with van der Waals surface area (Å²) in [5.41, 5.74) is 9.57. The molecule has 0 spiro atoms. The van der Waals surface area contributed by atoms with Crippen molar-refractivity contribution in [2.45, 2.75) is 0 Å². The van der Waals surface area contributed by atoms with Gasteiger partial charge in [0.15, 0.2) is 0 Å². The van der Waals surface area contributed by atoms with Crippen LogP contribution in [0.5, 0.6) is 0 Å². The number of halogens is 1. The smallest absolute Gasteiger partial charge is 0.143 e. The van der Waals surface area contributed by atoms with Gasteiger partial charge in [-0.15, -0.1) is 0 Å². The number of hydrogen-bond donors (Lipinski definition) is 0. The Labute approximate surface area is 232 Å². The van der Waals surface area contributed by atoms with E-state index in [9.17, 15) is 0 Å². The van der Waals surface area contributed by atoms with Crippen molar-refractivity contribution in [3.8, 4) is 22.3 Å². The number of rotatable bonds is 5. The zero-order chi connectivity index (χ0) is 26.2. The fourth-order valence-corrected chi connectivity index (χ4v) is 5.36. The molecule has 0 radical (unpaired) electrons. The van der Waals surface area contributed by atoms with Crippen LogP contribution in [0, 0.1) is 0 Å². The van der Waals surface area contributed by atoms with Gasteiger partial charge in [0.05, 0.1) is 0 Å². The lowest BCUT2D eigenvalue weighted by atomic mass is 10.0. The largest absolute Gasteiger partial charge is 0.455 e. The summed E-state index contributed by atoms with van der Waals surface area (Å²) in [7, 11) is 0. The third-order valence-electron chi connectivity index (χ3n) is 7.16. The first-order valence-electron chi connectivity index (χ1n) is 13.0. The molecule has 1 heterocycles. The first-order valence-corrected chi connectivity index (χ1v) is 13.3. The van der Waals surface area contributed by atoms with Crippen LogP contribution in [0.3, 0.4) is 0 Å². The minimum atomic E-state index is 0.715. The number of furan rings is 1. The summed E-state index contributed by atoms with van der Waals surface area (Å²) in [5.74, 6) is 0. The summed E-state index contributed by atoms with van der Waals surface area (Å²) in [6.45, 7) is 0. The lowest BCUT2D eigenvalue weighted by Gasteiger charge is -2.26. The van der Waals surface area contributed by atoms with Gasteiger partial charge in [-0.2, -0.15) is 0 Å². The van der Waals surface area contributed by atoms with E-state index in [4.69, 9.17) is 16.0 Å². The molecule has 0 amide bonds. The van der Waals surface area contributed by atoms with E-state index in [1.807, 2.05) is 30.3 Å². The second kappa shape index (κ2) is 9.83.